The van der Waals surface area contributed by atoms with Crippen molar-refractivity contribution < 1.29 is 0 Å². The molecule has 0 amide bonds. The maximum absolute atomic E-state index is 2.50. The van der Waals surface area contributed by atoms with Crippen LogP contribution >= 0.6 is 11.3 Å². The predicted octanol–water partition coefficient (Wildman–Crippen LogP) is 14.6. The monoisotopic (exact) mass is 708 g/mol. The van der Waals surface area contributed by atoms with Crippen molar-refractivity contribution in [3.05, 3.63) is 193 Å². The number of benzene rings is 8. The third-order valence-electron chi connectivity index (χ3n) is 11.6. The van der Waals surface area contributed by atoms with Gasteiger partial charge in [0, 0.05) is 47.7 Å². The van der Waals surface area contributed by atoms with Crippen LogP contribution < -0.4 is 4.90 Å². The molecule has 2 aromatic heterocycles. The van der Waals surface area contributed by atoms with Crippen molar-refractivity contribution in [1.29, 1.82) is 0 Å². The molecule has 0 fully saturated rings. The fourth-order valence-electron chi connectivity index (χ4n) is 9.02. The summed E-state index contributed by atoms with van der Waals surface area (Å²) in [6.45, 7) is 4.85. The number of rotatable bonds is 4. The van der Waals surface area contributed by atoms with E-state index < -0.39 is 0 Å². The van der Waals surface area contributed by atoms with Gasteiger partial charge in [-0.3, -0.25) is 0 Å². The van der Waals surface area contributed by atoms with E-state index in [9.17, 15) is 0 Å². The zero-order valence-electron chi connectivity index (χ0n) is 30.1. The van der Waals surface area contributed by atoms with Crippen LogP contribution in [0.3, 0.4) is 0 Å². The van der Waals surface area contributed by atoms with E-state index in [4.69, 9.17) is 0 Å². The van der Waals surface area contributed by atoms with E-state index in [0.29, 0.717) is 0 Å². The van der Waals surface area contributed by atoms with Crippen LogP contribution in [-0.2, 0) is 5.41 Å². The van der Waals surface area contributed by atoms with Gasteiger partial charge >= 0.3 is 0 Å². The average molecular weight is 709 g/mol. The highest BCUT2D eigenvalue weighted by atomic mass is 32.1. The lowest BCUT2D eigenvalue weighted by atomic mass is 9.71. The molecule has 0 spiro atoms. The molecule has 11 rings (SSSR count). The molecule has 256 valence electrons. The largest absolute Gasteiger partial charge is 0.310 e. The minimum atomic E-state index is -0.266. The summed E-state index contributed by atoms with van der Waals surface area (Å²) >= 11 is 1.89. The maximum Gasteiger partial charge on any atom is 0.0541 e. The van der Waals surface area contributed by atoms with Crippen molar-refractivity contribution in [2.45, 2.75) is 19.3 Å². The molecule has 0 saturated heterocycles. The number of anilines is 3. The van der Waals surface area contributed by atoms with Crippen LogP contribution in [0.1, 0.15) is 25.0 Å². The smallest absolute Gasteiger partial charge is 0.0541 e. The average Bonchev–Trinajstić information content (AvgIpc) is 3.77. The van der Waals surface area contributed by atoms with E-state index in [-0.39, 0.29) is 5.41 Å². The summed E-state index contributed by atoms with van der Waals surface area (Å²) in [7, 11) is 0. The SMILES string of the molecule is CC1(C)c2cc(-c3ccc4c(c3)c3ccccc3n4-c3ccccc3)ccc2N(c2ccc(-c3ccccc3)cc2)c2ccc3sc4ccccc4c3c21. The van der Waals surface area contributed by atoms with Gasteiger partial charge in [-0.2, -0.15) is 0 Å². The molecule has 3 heteroatoms. The quantitative estimate of drug-likeness (QED) is 0.177. The zero-order chi connectivity index (χ0) is 36.0. The number of aromatic nitrogens is 1. The van der Waals surface area contributed by atoms with Gasteiger partial charge in [-0.15, -0.1) is 11.3 Å². The normalized spacial score (nSPS) is 13.5. The number of thiophene rings is 1. The van der Waals surface area contributed by atoms with E-state index in [1.807, 2.05) is 11.3 Å². The second-order valence-electron chi connectivity index (χ2n) is 15.0. The molecule has 0 aliphatic carbocycles. The molecular formula is C51H36N2S. The van der Waals surface area contributed by atoms with Crippen molar-refractivity contribution in [3.8, 4) is 27.9 Å². The van der Waals surface area contributed by atoms with Gasteiger partial charge in [-0.05, 0) is 106 Å². The molecular weight excluding hydrogens is 673 g/mol. The first-order valence-electron chi connectivity index (χ1n) is 18.7. The number of para-hydroxylation sites is 2. The van der Waals surface area contributed by atoms with Crippen molar-refractivity contribution in [1.82, 2.24) is 4.57 Å². The number of hydrogen-bond donors (Lipinski definition) is 0. The van der Waals surface area contributed by atoms with Gasteiger partial charge in [0.25, 0.3) is 0 Å². The lowest BCUT2D eigenvalue weighted by Crippen LogP contribution is -2.31. The van der Waals surface area contributed by atoms with Gasteiger partial charge in [-0.25, -0.2) is 0 Å². The fourth-order valence-corrected chi connectivity index (χ4v) is 10.1. The Kier molecular flexibility index (Phi) is 6.80. The van der Waals surface area contributed by atoms with Crippen molar-refractivity contribution >= 4 is 70.4 Å². The summed E-state index contributed by atoms with van der Waals surface area (Å²) in [6, 6.07) is 67.0. The van der Waals surface area contributed by atoms with Gasteiger partial charge in [0.05, 0.1) is 22.4 Å². The van der Waals surface area contributed by atoms with Crippen LogP contribution in [0.5, 0.6) is 0 Å². The van der Waals surface area contributed by atoms with Crippen LogP contribution in [0, 0.1) is 0 Å². The summed E-state index contributed by atoms with van der Waals surface area (Å²) in [5.41, 5.74) is 14.6. The van der Waals surface area contributed by atoms with Crippen molar-refractivity contribution in [2.24, 2.45) is 0 Å². The van der Waals surface area contributed by atoms with Gasteiger partial charge in [0.1, 0.15) is 0 Å². The molecule has 10 aromatic rings. The summed E-state index contributed by atoms with van der Waals surface area (Å²) in [6.07, 6.45) is 0. The summed E-state index contributed by atoms with van der Waals surface area (Å²) in [5.74, 6) is 0. The number of fused-ring (bicyclic) bond motifs is 9. The molecule has 0 atom stereocenters. The summed E-state index contributed by atoms with van der Waals surface area (Å²) in [5, 5.41) is 5.24. The Bertz CT molecular complexity index is 3060. The van der Waals surface area contributed by atoms with E-state index in [1.165, 1.54) is 92.4 Å². The number of nitrogens with zero attached hydrogens (tertiary/aromatic N) is 2. The van der Waals surface area contributed by atoms with Gasteiger partial charge in [0.2, 0.25) is 0 Å². The van der Waals surface area contributed by atoms with Gasteiger partial charge in [-0.1, -0.05) is 123 Å². The number of hydrogen-bond acceptors (Lipinski definition) is 2. The van der Waals surface area contributed by atoms with Crippen LogP contribution in [0.4, 0.5) is 17.1 Å². The molecule has 1 aliphatic rings. The highest BCUT2D eigenvalue weighted by molar-refractivity contribution is 7.25. The summed E-state index contributed by atoms with van der Waals surface area (Å²) in [4.78, 5) is 2.50. The van der Waals surface area contributed by atoms with Crippen LogP contribution in [0.25, 0.3) is 69.9 Å². The van der Waals surface area contributed by atoms with Crippen molar-refractivity contribution in [2.75, 3.05) is 4.90 Å². The van der Waals surface area contributed by atoms with E-state index in [2.05, 4.69) is 205 Å². The lowest BCUT2D eigenvalue weighted by Gasteiger charge is -2.43. The third kappa shape index (κ3) is 4.58. The maximum atomic E-state index is 2.50. The molecule has 0 bridgehead atoms. The van der Waals surface area contributed by atoms with Crippen LogP contribution in [0.15, 0.2) is 182 Å². The Morgan fingerprint density at radius 1 is 0.426 bits per heavy atom. The molecule has 1 aliphatic heterocycles. The van der Waals surface area contributed by atoms with E-state index >= 15 is 0 Å². The minimum absolute atomic E-state index is 0.266. The predicted molar refractivity (Wildman–Crippen MR) is 231 cm³/mol. The van der Waals surface area contributed by atoms with Crippen LogP contribution in [-0.4, -0.2) is 4.57 Å². The zero-order valence-corrected chi connectivity index (χ0v) is 30.9. The van der Waals surface area contributed by atoms with Crippen LogP contribution in [0.2, 0.25) is 0 Å². The Hall–Kier alpha value is -6.42. The van der Waals surface area contributed by atoms with Gasteiger partial charge < -0.3 is 9.47 Å². The second-order valence-corrected chi connectivity index (χ2v) is 16.0. The molecule has 54 heavy (non-hydrogen) atoms. The third-order valence-corrected chi connectivity index (χ3v) is 12.7. The molecule has 0 radical (unpaired) electrons. The topological polar surface area (TPSA) is 8.17 Å². The Labute approximate surface area is 318 Å². The Morgan fingerprint density at radius 2 is 1.04 bits per heavy atom. The first-order valence-corrected chi connectivity index (χ1v) is 19.5. The lowest BCUT2D eigenvalue weighted by molar-refractivity contribution is 0.639. The molecule has 0 unspecified atom stereocenters. The Balaban J connectivity index is 1.12. The van der Waals surface area contributed by atoms with E-state index in [0.717, 1.165) is 5.69 Å². The first-order chi connectivity index (χ1) is 26.5. The molecule has 0 saturated carbocycles. The van der Waals surface area contributed by atoms with E-state index in [1.54, 1.807) is 0 Å². The minimum Gasteiger partial charge on any atom is -0.310 e. The standard InChI is InChI=1S/C51H36N2S/c1-51(2)42-32-36(35-23-27-44-41(31-35)39-17-9-11-19-43(39)52(44)37-15-7-4-8-16-37)24-28-45(42)53(38-25-21-34(22-26-38)33-13-5-3-6-14-33)46-29-30-48-49(50(46)51)40-18-10-12-20-47(40)54-48/h3-32H,1-2H3. The summed E-state index contributed by atoms with van der Waals surface area (Å²) < 4.78 is 5.05. The molecule has 8 aromatic carbocycles. The Morgan fingerprint density at radius 3 is 1.85 bits per heavy atom. The first kappa shape index (κ1) is 31.1. The fraction of sp³-hybridized carbons (Fsp3) is 0.0588. The second kappa shape index (κ2) is 11.8. The van der Waals surface area contributed by atoms with Gasteiger partial charge in [0.15, 0.2) is 0 Å². The molecule has 0 N–H and O–H groups in total. The van der Waals surface area contributed by atoms with Crippen molar-refractivity contribution in [3.63, 3.8) is 0 Å². The molecule has 3 heterocycles. The molecule has 2 nitrogen and oxygen atoms in total. The highest BCUT2D eigenvalue weighted by Crippen LogP contribution is 2.56. The highest BCUT2D eigenvalue weighted by Gasteiger charge is 2.39.